The Morgan fingerprint density at radius 3 is 2.74 bits per heavy atom. The smallest absolute Gasteiger partial charge is 0.181 e. The van der Waals surface area contributed by atoms with Gasteiger partial charge in [-0.3, -0.25) is 19.0 Å². The van der Waals surface area contributed by atoms with Crippen molar-refractivity contribution in [2.24, 2.45) is 0 Å². The third-order valence-corrected chi connectivity index (χ3v) is 9.04. The molecule has 2 aliphatic rings. The Balaban J connectivity index is 1.37. The summed E-state index contributed by atoms with van der Waals surface area (Å²) in [6, 6.07) is 5.83. The van der Waals surface area contributed by atoms with E-state index in [1.165, 1.54) is 6.39 Å². The number of phenolic OH excluding ortho intramolecular Hbond substituents is 1. The molecule has 2 aliphatic heterocycles. The second-order valence-electron chi connectivity index (χ2n) is 9.51. The first-order valence-corrected chi connectivity index (χ1v) is 13.2. The molecular weight excluding hydrogens is 454 g/mol. The lowest BCUT2D eigenvalue weighted by atomic mass is 9.81. The number of phenols is 1. The van der Waals surface area contributed by atoms with Gasteiger partial charge in [0.2, 0.25) is 0 Å². The van der Waals surface area contributed by atoms with Crippen molar-refractivity contribution in [3.63, 3.8) is 0 Å². The van der Waals surface area contributed by atoms with Crippen LogP contribution in [-0.2, 0) is 6.54 Å². The summed E-state index contributed by atoms with van der Waals surface area (Å²) in [5, 5.41) is 10.4. The molecule has 2 aromatic heterocycles. The third-order valence-electron chi connectivity index (χ3n) is 7.12. The molecule has 0 saturated carbocycles. The zero-order valence-corrected chi connectivity index (χ0v) is 20.5. The normalized spacial score (nSPS) is 25.7. The van der Waals surface area contributed by atoms with Crippen LogP contribution >= 0.6 is 10.8 Å². The Bertz CT molecular complexity index is 1200. The molecule has 5 rings (SSSR count). The number of hydrogen-bond donors (Lipinski definition) is 3. The van der Waals surface area contributed by atoms with Gasteiger partial charge >= 0.3 is 0 Å². The molecule has 9 nitrogen and oxygen atoms in total. The summed E-state index contributed by atoms with van der Waals surface area (Å²) in [6.07, 6.45) is 7.02. The first-order valence-electron chi connectivity index (χ1n) is 11.5. The number of anilines is 1. The number of rotatable bonds is 4. The van der Waals surface area contributed by atoms with Gasteiger partial charge in [-0.15, -0.1) is 10.8 Å². The molecule has 34 heavy (non-hydrogen) atoms. The van der Waals surface area contributed by atoms with E-state index in [-0.39, 0.29) is 17.3 Å². The molecule has 2 atom stereocenters. The van der Waals surface area contributed by atoms with Gasteiger partial charge in [-0.2, -0.15) is 0 Å². The Morgan fingerprint density at radius 2 is 2.03 bits per heavy atom. The number of aryl methyl sites for hydroxylation is 2. The Kier molecular flexibility index (Phi) is 5.79. The first-order chi connectivity index (χ1) is 16.2. The molecule has 2 fully saturated rings. The van der Waals surface area contributed by atoms with E-state index in [1.54, 1.807) is 22.8 Å². The van der Waals surface area contributed by atoms with Gasteiger partial charge in [0.25, 0.3) is 0 Å². The molecule has 0 bridgehead atoms. The first kappa shape index (κ1) is 23.1. The van der Waals surface area contributed by atoms with E-state index >= 15 is 0 Å². The zero-order valence-electron chi connectivity index (χ0n) is 19.7. The zero-order chi connectivity index (χ0) is 24.1. The van der Waals surface area contributed by atoms with Crippen LogP contribution in [0.4, 0.5) is 5.82 Å². The molecule has 1 aromatic carbocycles. The van der Waals surface area contributed by atoms with Gasteiger partial charge in [-0.1, -0.05) is 6.07 Å². The molecule has 0 unspecified atom stereocenters. The maximum atomic E-state index is 10.9. The fourth-order valence-corrected chi connectivity index (χ4v) is 7.54. The molecule has 3 N–H and O–H groups in total. The van der Waals surface area contributed by atoms with Gasteiger partial charge in [0.15, 0.2) is 12.2 Å². The lowest BCUT2D eigenvalue weighted by Gasteiger charge is -2.51. The van der Waals surface area contributed by atoms with Crippen LogP contribution in [0.5, 0.6) is 5.75 Å². The highest BCUT2D eigenvalue weighted by molar-refractivity contribution is 8.25. The van der Waals surface area contributed by atoms with Gasteiger partial charge in [-0.05, 0) is 57.7 Å². The summed E-state index contributed by atoms with van der Waals surface area (Å²) in [4.78, 5) is 15.5. The topological polar surface area (TPSA) is 119 Å². The van der Waals surface area contributed by atoms with E-state index < -0.39 is 10.8 Å². The summed E-state index contributed by atoms with van der Waals surface area (Å²) >= 11 is 0. The number of benzene rings is 1. The Hall–Kier alpha value is -2.66. The van der Waals surface area contributed by atoms with Gasteiger partial charge < -0.3 is 9.52 Å². The summed E-state index contributed by atoms with van der Waals surface area (Å²) in [5.41, 5.74) is 2.80. The Labute approximate surface area is 201 Å². The van der Waals surface area contributed by atoms with E-state index in [2.05, 4.69) is 26.8 Å². The number of likely N-dealkylation sites (tertiary alicyclic amines) is 1. The molecule has 3 aromatic rings. The molecule has 10 heteroatoms. The van der Waals surface area contributed by atoms with Crippen molar-refractivity contribution in [1.29, 1.82) is 0 Å². The highest BCUT2D eigenvalue weighted by Gasteiger charge is 2.53. The fraction of sp³-hybridized carbons (Fsp3) is 0.458. The fourth-order valence-electron chi connectivity index (χ4n) is 5.44. The van der Waals surface area contributed by atoms with Crippen molar-refractivity contribution in [3.05, 3.63) is 54.0 Å². The quantitative estimate of drug-likeness (QED) is 0.481. The predicted octanol–water partition coefficient (Wildman–Crippen LogP) is 4.75. The number of oxazole rings is 1. The van der Waals surface area contributed by atoms with Crippen molar-refractivity contribution in [2.45, 2.75) is 58.2 Å². The van der Waals surface area contributed by atoms with Crippen molar-refractivity contribution < 1.29 is 18.6 Å². The average molecular weight is 486 g/mol. The number of nitrogens with zero attached hydrogens (tertiary/aromatic N) is 5. The van der Waals surface area contributed by atoms with Gasteiger partial charge in [0.05, 0.1) is 23.2 Å². The minimum absolute atomic E-state index is 0.178. The van der Waals surface area contributed by atoms with Crippen molar-refractivity contribution in [1.82, 2.24) is 19.9 Å². The number of aromatic hydroxyl groups is 1. The van der Waals surface area contributed by atoms with E-state index in [9.17, 15) is 14.2 Å². The van der Waals surface area contributed by atoms with Gasteiger partial charge in [0.1, 0.15) is 17.2 Å². The Morgan fingerprint density at radius 1 is 1.21 bits per heavy atom. The molecule has 4 heterocycles. The van der Waals surface area contributed by atoms with Crippen LogP contribution in [0.3, 0.4) is 0 Å². The minimum atomic E-state index is -2.94. The molecular formula is C24H31N5O4S. The van der Waals surface area contributed by atoms with Gasteiger partial charge in [0, 0.05) is 30.9 Å². The maximum absolute atomic E-state index is 10.9. The molecule has 0 radical (unpaired) electrons. The second-order valence-corrected chi connectivity index (χ2v) is 11.5. The van der Waals surface area contributed by atoms with Crippen LogP contribution in [0.15, 0.2) is 41.4 Å². The lowest BCUT2D eigenvalue weighted by molar-refractivity contribution is 0.102. The molecule has 2 saturated heterocycles. The van der Waals surface area contributed by atoms with E-state index in [0.29, 0.717) is 28.6 Å². The highest BCUT2D eigenvalue weighted by atomic mass is 32.3. The predicted molar refractivity (Wildman–Crippen MR) is 132 cm³/mol. The van der Waals surface area contributed by atoms with Gasteiger partial charge in [-0.25, -0.2) is 14.3 Å². The van der Waals surface area contributed by atoms with Crippen LogP contribution in [0, 0.1) is 13.8 Å². The minimum Gasteiger partial charge on any atom is -0.507 e. The largest absolute Gasteiger partial charge is 0.507 e. The van der Waals surface area contributed by atoms with Crippen LogP contribution < -0.4 is 4.31 Å². The van der Waals surface area contributed by atoms with Crippen molar-refractivity contribution >= 4 is 16.6 Å². The van der Waals surface area contributed by atoms with Crippen LogP contribution in [0.1, 0.15) is 43.2 Å². The number of hydrogen-bond acceptors (Lipinski definition) is 9. The molecule has 0 amide bonds. The van der Waals surface area contributed by atoms with Crippen molar-refractivity contribution in [3.8, 4) is 17.0 Å². The van der Waals surface area contributed by atoms with E-state index in [1.807, 2.05) is 26.0 Å². The van der Waals surface area contributed by atoms with E-state index in [4.69, 9.17) is 4.42 Å². The summed E-state index contributed by atoms with van der Waals surface area (Å²) < 4.78 is 28.9. The SMILES string of the molecule is Cc1cncc(N2[C@@]3(CCN(Cc4ccc(O)c(-c5ncoc5C)c4)[C@@H](C)C3)CCS2(O)O)n1. The lowest BCUT2D eigenvalue weighted by Crippen LogP contribution is -2.55. The highest BCUT2D eigenvalue weighted by Crippen LogP contribution is 2.60. The summed E-state index contributed by atoms with van der Waals surface area (Å²) in [5.74, 6) is 1.75. The monoisotopic (exact) mass is 485 g/mol. The number of piperidine rings is 1. The van der Waals surface area contributed by atoms with Crippen LogP contribution in [-0.4, -0.2) is 57.9 Å². The maximum Gasteiger partial charge on any atom is 0.181 e. The summed E-state index contributed by atoms with van der Waals surface area (Å²) in [6.45, 7) is 7.42. The molecule has 182 valence electrons. The average Bonchev–Trinajstić information content (AvgIpc) is 3.31. The number of aromatic nitrogens is 3. The third kappa shape index (κ3) is 4.04. The van der Waals surface area contributed by atoms with E-state index in [0.717, 1.165) is 43.6 Å². The van der Waals surface area contributed by atoms with Crippen molar-refractivity contribution in [2.75, 3.05) is 16.6 Å². The molecule has 1 spiro atoms. The summed E-state index contributed by atoms with van der Waals surface area (Å²) in [7, 11) is -2.94. The standard InChI is InChI=1S/C24H31N5O4S/c1-16-12-25-13-22(27-16)29-24(7-9-34(29,31)32)6-8-28(17(2)11-24)14-19-4-5-21(30)20(10-19)23-18(3)33-15-26-23/h4-5,10,12-13,15,17,30-32H,6-9,11,14H2,1-3H3/t17-,24-/m0/s1. The second kappa shape index (κ2) is 8.53. The van der Waals surface area contributed by atoms with Crippen LogP contribution in [0.2, 0.25) is 0 Å². The molecule has 0 aliphatic carbocycles. The van der Waals surface area contributed by atoms with Crippen LogP contribution in [0.25, 0.3) is 11.3 Å².